The molecule has 1 aliphatic rings. The van der Waals surface area contributed by atoms with E-state index < -0.39 is 0 Å². The first-order chi connectivity index (χ1) is 10.6. The molecule has 2 N–H and O–H groups in total. The fourth-order valence-corrected chi connectivity index (χ4v) is 3.12. The lowest BCUT2D eigenvalue weighted by atomic mass is 10.00. The van der Waals surface area contributed by atoms with Crippen molar-refractivity contribution in [2.45, 2.75) is 33.6 Å². The van der Waals surface area contributed by atoms with Crippen LogP contribution in [0.25, 0.3) is 5.65 Å². The van der Waals surface area contributed by atoms with Gasteiger partial charge in [0.15, 0.2) is 5.65 Å². The number of carbonyl (C=O) groups excluding carboxylic acids is 1. The van der Waals surface area contributed by atoms with Crippen LogP contribution in [0.15, 0.2) is 6.07 Å². The third kappa shape index (κ3) is 3.64. The van der Waals surface area contributed by atoms with Crippen molar-refractivity contribution in [1.82, 2.24) is 25.2 Å². The number of aryl methyl sites for hydroxylation is 3. The Morgan fingerprint density at radius 2 is 2.22 bits per heavy atom. The molecular weight excluding hydrogens is 314 g/mol. The third-order valence-corrected chi connectivity index (χ3v) is 4.25. The Bertz CT molecular complexity index is 706. The number of aromatic nitrogens is 3. The fraction of sp³-hybridized carbons (Fsp3) is 0.562. The summed E-state index contributed by atoms with van der Waals surface area (Å²) in [5.41, 5.74) is 3.85. The molecule has 0 saturated carbocycles. The number of nitrogens with zero attached hydrogens (tertiary/aromatic N) is 3. The van der Waals surface area contributed by atoms with E-state index in [9.17, 15) is 4.79 Å². The molecule has 2 aromatic heterocycles. The number of hydrogen-bond acceptors (Lipinski definition) is 4. The van der Waals surface area contributed by atoms with Gasteiger partial charge in [0, 0.05) is 17.9 Å². The Morgan fingerprint density at radius 3 is 2.91 bits per heavy atom. The molecular formula is C16H24ClN5O. The molecule has 3 rings (SSSR count). The number of halogens is 1. The summed E-state index contributed by atoms with van der Waals surface area (Å²) in [6.45, 7) is 8.53. The zero-order chi connectivity index (χ0) is 15.7. The standard InChI is InChI=1S/C16H23N5O.ClH/c1-10-7-11(2)21-15(19-10)14(12(3)20-21)16(22)18-9-13-5-4-6-17-8-13;/h7,13,17H,4-6,8-9H2,1-3H3,(H,18,22);1H. The predicted molar refractivity (Wildman–Crippen MR) is 92.4 cm³/mol. The van der Waals surface area contributed by atoms with Gasteiger partial charge in [-0.3, -0.25) is 4.79 Å². The lowest BCUT2D eigenvalue weighted by molar-refractivity contribution is 0.0945. The average molecular weight is 338 g/mol. The Kier molecular flexibility index (Phi) is 5.59. The molecule has 2 aromatic rings. The zero-order valence-corrected chi connectivity index (χ0v) is 14.7. The van der Waals surface area contributed by atoms with Crippen LogP contribution >= 0.6 is 12.4 Å². The van der Waals surface area contributed by atoms with Crippen LogP contribution in [0.5, 0.6) is 0 Å². The van der Waals surface area contributed by atoms with E-state index in [0.29, 0.717) is 23.7 Å². The van der Waals surface area contributed by atoms with Crippen LogP contribution < -0.4 is 10.6 Å². The van der Waals surface area contributed by atoms with Crippen LogP contribution in [0.4, 0.5) is 0 Å². The smallest absolute Gasteiger partial charge is 0.257 e. The summed E-state index contributed by atoms with van der Waals surface area (Å²) in [5, 5.41) is 10.9. The highest BCUT2D eigenvalue weighted by Crippen LogP contribution is 2.16. The molecule has 0 radical (unpaired) electrons. The highest BCUT2D eigenvalue weighted by Gasteiger charge is 2.21. The van der Waals surface area contributed by atoms with Gasteiger partial charge >= 0.3 is 0 Å². The van der Waals surface area contributed by atoms with Crippen LogP contribution in [0.2, 0.25) is 0 Å². The van der Waals surface area contributed by atoms with Crippen molar-refractivity contribution in [2.75, 3.05) is 19.6 Å². The van der Waals surface area contributed by atoms with Crippen molar-refractivity contribution in [3.63, 3.8) is 0 Å². The first-order valence-electron chi connectivity index (χ1n) is 7.88. The summed E-state index contributed by atoms with van der Waals surface area (Å²) >= 11 is 0. The van der Waals surface area contributed by atoms with Gasteiger partial charge in [-0.1, -0.05) is 0 Å². The minimum atomic E-state index is -0.0735. The average Bonchev–Trinajstić information content (AvgIpc) is 2.82. The number of fused-ring (bicyclic) bond motifs is 1. The van der Waals surface area contributed by atoms with Crippen molar-refractivity contribution < 1.29 is 4.79 Å². The van der Waals surface area contributed by atoms with E-state index in [2.05, 4.69) is 20.7 Å². The van der Waals surface area contributed by atoms with Crippen LogP contribution in [0.3, 0.4) is 0 Å². The quantitative estimate of drug-likeness (QED) is 0.896. The molecule has 1 fully saturated rings. The van der Waals surface area contributed by atoms with Gasteiger partial charge in [-0.25, -0.2) is 9.50 Å². The molecule has 23 heavy (non-hydrogen) atoms. The normalized spacial score (nSPS) is 17.8. The van der Waals surface area contributed by atoms with E-state index in [-0.39, 0.29) is 18.3 Å². The number of rotatable bonds is 3. The third-order valence-electron chi connectivity index (χ3n) is 4.25. The van der Waals surface area contributed by atoms with Gasteiger partial charge < -0.3 is 10.6 Å². The number of amides is 1. The molecule has 3 heterocycles. The van der Waals surface area contributed by atoms with Gasteiger partial charge in [-0.2, -0.15) is 5.10 Å². The van der Waals surface area contributed by atoms with Crippen molar-refractivity contribution in [1.29, 1.82) is 0 Å². The largest absolute Gasteiger partial charge is 0.352 e. The minimum absolute atomic E-state index is 0. The van der Waals surface area contributed by atoms with E-state index in [4.69, 9.17) is 0 Å². The Labute approximate surface area is 142 Å². The first kappa shape index (κ1) is 17.7. The van der Waals surface area contributed by atoms with E-state index in [1.54, 1.807) is 4.52 Å². The molecule has 1 saturated heterocycles. The lowest BCUT2D eigenvalue weighted by Gasteiger charge is -2.22. The van der Waals surface area contributed by atoms with Gasteiger partial charge in [0.2, 0.25) is 0 Å². The van der Waals surface area contributed by atoms with Gasteiger partial charge in [0.1, 0.15) is 5.56 Å². The SMILES string of the molecule is Cc1cc(C)n2nc(C)c(C(=O)NCC3CCCNC3)c2n1.Cl. The first-order valence-corrected chi connectivity index (χ1v) is 7.88. The predicted octanol–water partition coefficient (Wildman–Crippen LogP) is 1.81. The second kappa shape index (κ2) is 7.27. The summed E-state index contributed by atoms with van der Waals surface area (Å²) in [6.07, 6.45) is 2.34. The summed E-state index contributed by atoms with van der Waals surface area (Å²) < 4.78 is 1.75. The number of piperidine rings is 1. The van der Waals surface area contributed by atoms with E-state index in [1.807, 2.05) is 26.8 Å². The van der Waals surface area contributed by atoms with Crippen LogP contribution in [0, 0.1) is 26.7 Å². The van der Waals surface area contributed by atoms with Crippen molar-refractivity contribution in [3.05, 3.63) is 28.7 Å². The lowest BCUT2D eigenvalue weighted by Crippen LogP contribution is -2.38. The highest BCUT2D eigenvalue weighted by molar-refractivity contribution is 6.01. The summed E-state index contributed by atoms with van der Waals surface area (Å²) in [5.74, 6) is 0.437. The Hall–Kier alpha value is -1.66. The van der Waals surface area contributed by atoms with E-state index in [0.717, 1.165) is 36.6 Å². The molecule has 0 bridgehead atoms. The fourth-order valence-electron chi connectivity index (χ4n) is 3.12. The van der Waals surface area contributed by atoms with Gasteiger partial charge in [0.25, 0.3) is 5.91 Å². The van der Waals surface area contributed by atoms with Crippen LogP contribution in [-0.2, 0) is 0 Å². The van der Waals surface area contributed by atoms with Crippen LogP contribution in [0.1, 0.15) is 40.3 Å². The highest BCUT2D eigenvalue weighted by atomic mass is 35.5. The zero-order valence-electron chi connectivity index (χ0n) is 13.8. The molecule has 0 aliphatic carbocycles. The monoisotopic (exact) mass is 337 g/mol. The van der Waals surface area contributed by atoms with Crippen LogP contribution in [-0.4, -0.2) is 40.1 Å². The van der Waals surface area contributed by atoms with Gasteiger partial charge in [-0.15, -0.1) is 12.4 Å². The van der Waals surface area contributed by atoms with Crippen molar-refractivity contribution >= 4 is 24.0 Å². The summed E-state index contributed by atoms with van der Waals surface area (Å²) in [6, 6.07) is 1.97. The number of nitrogens with one attached hydrogen (secondary N) is 2. The Balaban J connectivity index is 0.00000192. The maximum Gasteiger partial charge on any atom is 0.257 e. The number of carbonyl (C=O) groups is 1. The molecule has 0 spiro atoms. The van der Waals surface area contributed by atoms with Gasteiger partial charge in [-0.05, 0) is 58.7 Å². The molecule has 1 atom stereocenters. The van der Waals surface area contributed by atoms with E-state index in [1.165, 1.54) is 6.42 Å². The molecule has 1 amide bonds. The molecule has 7 heteroatoms. The molecule has 1 unspecified atom stereocenters. The molecule has 6 nitrogen and oxygen atoms in total. The number of hydrogen-bond donors (Lipinski definition) is 2. The molecule has 1 aliphatic heterocycles. The summed E-state index contributed by atoms with van der Waals surface area (Å²) in [4.78, 5) is 17.1. The summed E-state index contributed by atoms with van der Waals surface area (Å²) in [7, 11) is 0. The second-order valence-corrected chi connectivity index (χ2v) is 6.16. The second-order valence-electron chi connectivity index (χ2n) is 6.16. The maximum absolute atomic E-state index is 12.6. The topological polar surface area (TPSA) is 71.3 Å². The molecule has 126 valence electrons. The van der Waals surface area contributed by atoms with Crippen molar-refractivity contribution in [2.24, 2.45) is 5.92 Å². The maximum atomic E-state index is 12.6. The Morgan fingerprint density at radius 1 is 1.43 bits per heavy atom. The van der Waals surface area contributed by atoms with Crippen molar-refractivity contribution in [3.8, 4) is 0 Å². The minimum Gasteiger partial charge on any atom is -0.352 e. The van der Waals surface area contributed by atoms with Gasteiger partial charge in [0.05, 0.1) is 5.69 Å². The van der Waals surface area contributed by atoms with E-state index >= 15 is 0 Å². The molecule has 0 aromatic carbocycles.